The van der Waals surface area contributed by atoms with E-state index < -0.39 is 6.03 Å². The van der Waals surface area contributed by atoms with E-state index in [1.165, 1.54) is 19.4 Å². The monoisotopic (exact) mass is 185 g/mol. The van der Waals surface area contributed by atoms with Crippen LogP contribution in [0.2, 0.25) is 0 Å². The smallest absolute Gasteiger partial charge is 0.312 e. The summed E-state index contributed by atoms with van der Waals surface area (Å²) in [6.07, 6.45) is 3.61. The highest BCUT2D eigenvalue weighted by Gasteiger charge is 2.16. The Hall–Kier alpha value is -0.770. The predicted molar refractivity (Wildman–Crippen MR) is 52.4 cm³/mol. The van der Waals surface area contributed by atoms with Crippen molar-refractivity contribution in [3.8, 4) is 0 Å². The van der Waals surface area contributed by atoms with E-state index >= 15 is 0 Å². The molecule has 0 aliphatic carbocycles. The van der Waals surface area contributed by atoms with Gasteiger partial charge in [-0.3, -0.25) is 0 Å². The first-order valence-corrected chi connectivity index (χ1v) is 4.90. The number of carbonyl (C=O) groups excluding carboxylic acids is 1. The highest BCUT2D eigenvalue weighted by Crippen LogP contribution is 2.17. The van der Waals surface area contributed by atoms with Gasteiger partial charge in [0.1, 0.15) is 0 Å². The van der Waals surface area contributed by atoms with Gasteiger partial charge in [0.2, 0.25) is 0 Å². The maximum absolute atomic E-state index is 10.4. The van der Waals surface area contributed by atoms with Gasteiger partial charge < -0.3 is 16.0 Å². The van der Waals surface area contributed by atoms with E-state index in [9.17, 15) is 4.79 Å². The summed E-state index contributed by atoms with van der Waals surface area (Å²) in [5.74, 6) is 0.727. The number of carbonyl (C=O) groups is 1. The third-order valence-electron chi connectivity index (χ3n) is 2.57. The molecule has 0 aromatic rings. The Morgan fingerprint density at radius 2 is 2.46 bits per heavy atom. The first-order valence-electron chi connectivity index (χ1n) is 4.90. The molecule has 1 atom stereocenters. The summed E-state index contributed by atoms with van der Waals surface area (Å²) in [6, 6.07) is -0.413. The van der Waals surface area contributed by atoms with Crippen LogP contribution in [0.5, 0.6) is 0 Å². The molecule has 1 saturated heterocycles. The van der Waals surface area contributed by atoms with Crippen LogP contribution in [-0.2, 0) is 0 Å². The second-order valence-electron chi connectivity index (χ2n) is 3.85. The molecular weight excluding hydrogens is 166 g/mol. The summed E-state index contributed by atoms with van der Waals surface area (Å²) in [5.41, 5.74) is 4.97. The number of hydrogen-bond donors (Lipinski definition) is 2. The van der Waals surface area contributed by atoms with E-state index in [0.29, 0.717) is 6.54 Å². The van der Waals surface area contributed by atoms with Crippen molar-refractivity contribution in [3.05, 3.63) is 0 Å². The molecule has 3 N–H and O–H groups in total. The molecule has 2 amide bonds. The topological polar surface area (TPSA) is 58.4 Å². The molecule has 1 rings (SSSR count). The third kappa shape index (κ3) is 4.12. The van der Waals surface area contributed by atoms with Crippen LogP contribution in [0, 0.1) is 5.92 Å². The summed E-state index contributed by atoms with van der Waals surface area (Å²) in [5, 5.41) is 2.63. The molecule has 0 aromatic carbocycles. The van der Waals surface area contributed by atoms with Gasteiger partial charge in [-0.15, -0.1) is 0 Å². The fourth-order valence-corrected chi connectivity index (χ4v) is 1.91. The van der Waals surface area contributed by atoms with Gasteiger partial charge in [0.25, 0.3) is 0 Å². The van der Waals surface area contributed by atoms with Crippen molar-refractivity contribution < 1.29 is 4.79 Å². The molecule has 0 radical (unpaired) electrons. The Morgan fingerprint density at radius 3 is 3.08 bits per heavy atom. The van der Waals surface area contributed by atoms with Crippen LogP contribution in [0.3, 0.4) is 0 Å². The quantitative estimate of drug-likeness (QED) is 0.668. The van der Waals surface area contributed by atoms with Gasteiger partial charge >= 0.3 is 6.03 Å². The van der Waals surface area contributed by atoms with Gasteiger partial charge in [-0.05, 0) is 38.8 Å². The molecule has 0 spiro atoms. The van der Waals surface area contributed by atoms with Crippen molar-refractivity contribution in [3.63, 3.8) is 0 Å². The number of nitrogens with one attached hydrogen (secondary N) is 1. The van der Waals surface area contributed by atoms with Crippen molar-refractivity contribution >= 4 is 6.03 Å². The van der Waals surface area contributed by atoms with E-state index in [1.54, 1.807) is 0 Å². The number of piperidine rings is 1. The summed E-state index contributed by atoms with van der Waals surface area (Å²) >= 11 is 0. The number of likely N-dealkylation sites (tertiary alicyclic amines) is 1. The highest BCUT2D eigenvalue weighted by molar-refractivity contribution is 5.71. The number of nitrogens with zero attached hydrogens (tertiary/aromatic N) is 1. The molecule has 1 fully saturated rings. The molecule has 1 heterocycles. The molecule has 1 aliphatic rings. The molecule has 0 aromatic heterocycles. The van der Waals surface area contributed by atoms with Crippen molar-refractivity contribution in [2.24, 2.45) is 11.7 Å². The molecule has 4 nitrogen and oxygen atoms in total. The van der Waals surface area contributed by atoms with Crippen molar-refractivity contribution in [1.82, 2.24) is 10.2 Å². The van der Waals surface area contributed by atoms with E-state index in [4.69, 9.17) is 5.73 Å². The van der Waals surface area contributed by atoms with Crippen LogP contribution < -0.4 is 11.1 Å². The van der Waals surface area contributed by atoms with Crippen molar-refractivity contribution in [2.75, 3.05) is 26.7 Å². The van der Waals surface area contributed by atoms with Crippen LogP contribution in [0.25, 0.3) is 0 Å². The van der Waals surface area contributed by atoms with Gasteiger partial charge in [-0.2, -0.15) is 0 Å². The number of hydrogen-bond acceptors (Lipinski definition) is 2. The van der Waals surface area contributed by atoms with Crippen LogP contribution in [0.4, 0.5) is 4.79 Å². The van der Waals surface area contributed by atoms with Gasteiger partial charge in [0, 0.05) is 13.1 Å². The molecule has 0 saturated carbocycles. The Bertz CT molecular complexity index is 172. The zero-order valence-corrected chi connectivity index (χ0v) is 8.25. The van der Waals surface area contributed by atoms with Crippen molar-refractivity contribution in [1.29, 1.82) is 0 Å². The van der Waals surface area contributed by atoms with Gasteiger partial charge in [0.15, 0.2) is 0 Å². The minimum absolute atomic E-state index is 0.413. The number of rotatable bonds is 3. The zero-order chi connectivity index (χ0) is 9.68. The van der Waals surface area contributed by atoms with E-state index in [0.717, 1.165) is 18.9 Å². The third-order valence-corrected chi connectivity index (χ3v) is 2.57. The Morgan fingerprint density at radius 1 is 1.69 bits per heavy atom. The molecule has 1 aliphatic heterocycles. The summed E-state index contributed by atoms with van der Waals surface area (Å²) in [4.78, 5) is 12.8. The predicted octanol–water partition coefficient (Wildman–Crippen LogP) is 0.387. The van der Waals surface area contributed by atoms with E-state index in [2.05, 4.69) is 17.3 Å². The first kappa shape index (κ1) is 10.3. The Labute approximate surface area is 79.5 Å². The second kappa shape index (κ2) is 5.07. The number of primary amides is 1. The lowest BCUT2D eigenvalue weighted by atomic mass is 9.95. The number of urea groups is 1. The normalized spacial score (nSPS) is 24.2. The van der Waals surface area contributed by atoms with Gasteiger partial charge in [-0.25, -0.2) is 4.79 Å². The second-order valence-corrected chi connectivity index (χ2v) is 3.85. The number of nitrogens with two attached hydrogens (primary N) is 1. The molecule has 1 unspecified atom stereocenters. The lowest BCUT2D eigenvalue weighted by molar-refractivity contribution is 0.201. The number of amides is 2. The van der Waals surface area contributed by atoms with Crippen LogP contribution in [0.1, 0.15) is 19.3 Å². The maximum atomic E-state index is 10.4. The zero-order valence-electron chi connectivity index (χ0n) is 8.25. The average Bonchev–Trinajstić information content (AvgIpc) is 2.03. The minimum atomic E-state index is -0.413. The van der Waals surface area contributed by atoms with E-state index in [1.807, 2.05) is 0 Å². The fraction of sp³-hybridized carbons (Fsp3) is 0.889. The fourth-order valence-electron chi connectivity index (χ4n) is 1.91. The summed E-state index contributed by atoms with van der Waals surface area (Å²) in [7, 11) is 2.15. The Kier molecular flexibility index (Phi) is 4.02. The highest BCUT2D eigenvalue weighted by atomic mass is 16.2. The molecule has 13 heavy (non-hydrogen) atoms. The van der Waals surface area contributed by atoms with Crippen LogP contribution in [-0.4, -0.2) is 37.6 Å². The largest absolute Gasteiger partial charge is 0.352 e. The molecule has 76 valence electrons. The van der Waals surface area contributed by atoms with Gasteiger partial charge in [-0.1, -0.05) is 0 Å². The van der Waals surface area contributed by atoms with E-state index in [-0.39, 0.29) is 0 Å². The molecular formula is C9H19N3O. The van der Waals surface area contributed by atoms with Crippen LogP contribution in [0.15, 0.2) is 0 Å². The maximum Gasteiger partial charge on any atom is 0.312 e. The minimum Gasteiger partial charge on any atom is -0.352 e. The van der Waals surface area contributed by atoms with Crippen molar-refractivity contribution in [2.45, 2.75) is 19.3 Å². The SMILES string of the molecule is CN1CCCC(CCNC(N)=O)C1. The lowest BCUT2D eigenvalue weighted by Gasteiger charge is -2.29. The van der Waals surface area contributed by atoms with Gasteiger partial charge in [0.05, 0.1) is 0 Å². The first-order chi connectivity index (χ1) is 6.18. The lowest BCUT2D eigenvalue weighted by Crippen LogP contribution is -2.35. The average molecular weight is 185 g/mol. The Balaban J connectivity index is 2.10. The molecule has 4 heteroatoms. The summed E-state index contributed by atoms with van der Waals surface area (Å²) in [6.45, 7) is 3.08. The standard InChI is InChI=1S/C9H19N3O/c1-12-6-2-3-8(7-12)4-5-11-9(10)13/h8H,2-7H2,1H3,(H3,10,11,13). The summed E-state index contributed by atoms with van der Waals surface area (Å²) < 4.78 is 0. The van der Waals surface area contributed by atoms with Crippen LogP contribution >= 0.6 is 0 Å². The molecule has 0 bridgehead atoms.